The molecule has 3 heteroatoms. The van der Waals surface area contributed by atoms with Gasteiger partial charge in [-0.25, -0.2) is 0 Å². The fraction of sp³-hybridized carbons (Fsp3) is 0.667. The van der Waals surface area contributed by atoms with Crippen LogP contribution in [-0.4, -0.2) is 17.2 Å². The average Bonchev–Trinajstić information content (AvgIpc) is 2.39. The van der Waals surface area contributed by atoms with Gasteiger partial charge in [0.1, 0.15) is 0 Å². The van der Waals surface area contributed by atoms with Gasteiger partial charge in [-0.3, -0.25) is 0 Å². The van der Waals surface area contributed by atoms with Crippen LogP contribution in [-0.2, 0) is 5.41 Å². The Morgan fingerprint density at radius 1 is 1.10 bits per heavy atom. The smallest absolute Gasteiger partial charge is 0.0464 e. The van der Waals surface area contributed by atoms with Crippen molar-refractivity contribution in [1.29, 1.82) is 0 Å². The van der Waals surface area contributed by atoms with Gasteiger partial charge in [-0.1, -0.05) is 44.2 Å². The minimum Gasteiger partial charge on any atom is -0.412 e. The Labute approximate surface area is 152 Å². The average molecular weight is 514 g/mol. The van der Waals surface area contributed by atoms with Crippen molar-refractivity contribution in [1.82, 2.24) is 0 Å². The summed E-state index contributed by atoms with van der Waals surface area (Å²) in [5, 5.41) is 9.71. The van der Waals surface area contributed by atoms with E-state index in [2.05, 4.69) is 44.2 Å². The molecule has 0 aromatic heterocycles. The number of rotatable bonds is 2. The summed E-state index contributed by atoms with van der Waals surface area (Å²) >= 11 is 0. The van der Waals surface area contributed by atoms with Crippen molar-refractivity contribution in [2.45, 2.75) is 44.9 Å². The maximum atomic E-state index is 9.71. The second-order valence-electron chi connectivity index (χ2n) is 7.18. The molecular formula is C18H28O2U. The Hall–Kier alpha value is 0.192. The number of aliphatic hydroxyl groups is 1. The van der Waals surface area contributed by atoms with Crippen LogP contribution in [0.3, 0.4) is 0 Å². The maximum Gasteiger partial charge on any atom is 0.0464 e. The van der Waals surface area contributed by atoms with Gasteiger partial charge >= 0.3 is 0 Å². The first-order chi connectivity index (χ1) is 9.14. The van der Waals surface area contributed by atoms with E-state index in [1.807, 2.05) is 0 Å². The molecule has 116 valence electrons. The van der Waals surface area contributed by atoms with Crippen molar-refractivity contribution in [2.75, 3.05) is 6.61 Å². The van der Waals surface area contributed by atoms with E-state index in [1.165, 1.54) is 31.2 Å². The minimum atomic E-state index is 0. The largest absolute Gasteiger partial charge is 0.412 e. The summed E-state index contributed by atoms with van der Waals surface area (Å²) in [6.07, 6.45) is 5.18. The van der Waals surface area contributed by atoms with E-state index in [1.54, 1.807) is 0 Å². The zero-order valence-electron chi connectivity index (χ0n) is 13.2. The van der Waals surface area contributed by atoms with E-state index in [4.69, 9.17) is 0 Å². The summed E-state index contributed by atoms with van der Waals surface area (Å²) in [6.45, 7) is 5.12. The predicted molar refractivity (Wildman–Crippen MR) is 82.6 cm³/mol. The van der Waals surface area contributed by atoms with Crippen LogP contribution in [0.15, 0.2) is 30.3 Å². The molecule has 5 unspecified atom stereocenters. The van der Waals surface area contributed by atoms with Crippen molar-refractivity contribution in [2.24, 2.45) is 23.7 Å². The van der Waals surface area contributed by atoms with Crippen LogP contribution < -0.4 is 0 Å². The Kier molecular flexibility index (Phi) is 7.00. The molecule has 3 N–H and O–H groups in total. The van der Waals surface area contributed by atoms with Crippen molar-refractivity contribution >= 4 is 0 Å². The van der Waals surface area contributed by atoms with Crippen LogP contribution in [0, 0.1) is 54.8 Å². The van der Waals surface area contributed by atoms with Gasteiger partial charge in [0.2, 0.25) is 0 Å². The first kappa shape index (κ1) is 19.2. The van der Waals surface area contributed by atoms with Gasteiger partial charge in [-0.2, -0.15) is 0 Å². The number of fused-ring (bicyclic) bond motifs is 2. The van der Waals surface area contributed by atoms with Crippen LogP contribution in [0.1, 0.15) is 45.1 Å². The molecule has 2 fully saturated rings. The molecule has 1 aromatic rings. The second-order valence-corrected chi connectivity index (χ2v) is 7.18. The molecule has 2 bridgehead atoms. The zero-order chi connectivity index (χ0) is 13.5. The normalized spacial score (nSPS) is 38.0. The van der Waals surface area contributed by atoms with E-state index < -0.39 is 0 Å². The second kappa shape index (κ2) is 7.64. The Morgan fingerprint density at radius 2 is 1.76 bits per heavy atom. The van der Waals surface area contributed by atoms with Crippen molar-refractivity contribution < 1.29 is 41.7 Å². The summed E-state index contributed by atoms with van der Waals surface area (Å²) in [7, 11) is 0. The summed E-state index contributed by atoms with van der Waals surface area (Å²) in [4.78, 5) is 0. The Morgan fingerprint density at radius 3 is 2.38 bits per heavy atom. The Bertz CT molecular complexity index is 432. The van der Waals surface area contributed by atoms with Crippen LogP contribution in [0.4, 0.5) is 0 Å². The fourth-order valence-corrected chi connectivity index (χ4v) is 5.14. The molecule has 0 amide bonds. The number of hydrogen-bond acceptors (Lipinski definition) is 1. The van der Waals surface area contributed by atoms with Crippen LogP contribution >= 0.6 is 0 Å². The van der Waals surface area contributed by atoms with Crippen LogP contribution in [0.2, 0.25) is 0 Å². The topological polar surface area (TPSA) is 51.7 Å². The molecule has 0 heterocycles. The number of aliphatic hydroxyl groups excluding tert-OH is 1. The third-order valence-electron chi connectivity index (χ3n) is 5.74. The van der Waals surface area contributed by atoms with Gasteiger partial charge in [-0.05, 0) is 60.3 Å². The molecule has 2 nitrogen and oxygen atoms in total. The number of benzene rings is 1. The standard InChI is InChI=1S/C18H26O.H2O.U/c1-13-8-15-11-18(9-13,10-14(2)17(15)12-19)16-6-4-3-5-7-16;;/h3-7,13-15,17,19H,8-12H2,1-2H3;1H2;. The zero-order valence-corrected chi connectivity index (χ0v) is 17.3. The summed E-state index contributed by atoms with van der Waals surface area (Å²) in [6, 6.07) is 11.1. The minimum absolute atomic E-state index is 0. The molecule has 1 aromatic carbocycles. The number of hydrogen-bond donors (Lipinski definition) is 1. The summed E-state index contributed by atoms with van der Waals surface area (Å²) < 4.78 is 0. The van der Waals surface area contributed by atoms with Gasteiger partial charge < -0.3 is 10.6 Å². The third kappa shape index (κ3) is 3.58. The van der Waals surface area contributed by atoms with E-state index in [0.717, 1.165) is 11.8 Å². The van der Waals surface area contributed by atoms with Crippen molar-refractivity contribution in [3.05, 3.63) is 35.9 Å². The van der Waals surface area contributed by atoms with Gasteiger partial charge in [-0.15, -0.1) is 0 Å². The molecule has 2 saturated carbocycles. The van der Waals surface area contributed by atoms with Crippen molar-refractivity contribution in [3.8, 4) is 0 Å². The quantitative estimate of drug-likeness (QED) is 0.648. The monoisotopic (exact) mass is 514 g/mol. The van der Waals surface area contributed by atoms with E-state index in [9.17, 15) is 5.11 Å². The van der Waals surface area contributed by atoms with E-state index >= 15 is 0 Å². The molecule has 2 aliphatic carbocycles. The van der Waals surface area contributed by atoms with Gasteiger partial charge in [0, 0.05) is 37.7 Å². The molecule has 3 rings (SSSR count). The molecular weight excluding hydrogens is 486 g/mol. The van der Waals surface area contributed by atoms with Gasteiger partial charge in [0.15, 0.2) is 0 Å². The van der Waals surface area contributed by atoms with Crippen LogP contribution in [0.5, 0.6) is 0 Å². The van der Waals surface area contributed by atoms with Gasteiger partial charge in [0.05, 0.1) is 0 Å². The molecule has 5 atom stereocenters. The van der Waals surface area contributed by atoms with Gasteiger partial charge in [0.25, 0.3) is 0 Å². The Balaban J connectivity index is 0.00000110. The van der Waals surface area contributed by atoms with Crippen molar-refractivity contribution in [3.63, 3.8) is 0 Å². The maximum absolute atomic E-state index is 9.71. The third-order valence-corrected chi connectivity index (χ3v) is 5.74. The fourth-order valence-electron chi connectivity index (χ4n) is 5.14. The van der Waals surface area contributed by atoms with Crippen LogP contribution in [0.25, 0.3) is 0 Å². The molecule has 0 aliphatic heterocycles. The van der Waals surface area contributed by atoms with E-state index in [0.29, 0.717) is 23.9 Å². The summed E-state index contributed by atoms with van der Waals surface area (Å²) in [5.74, 6) is 2.69. The molecule has 2 aliphatic rings. The SMILES string of the molecule is CC1CC2CC(c3ccccc3)(C1)CC(C)C2CO.O.[U]. The van der Waals surface area contributed by atoms with E-state index in [-0.39, 0.29) is 36.6 Å². The molecule has 21 heavy (non-hydrogen) atoms. The molecule has 0 spiro atoms. The molecule has 0 saturated heterocycles. The summed E-state index contributed by atoms with van der Waals surface area (Å²) in [5.41, 5.74) is 1.92. The first-order valence-electron chi connectivity index (χ1n) is 7.81. The predicted octanol–water partition coefficient (Wildman–Crippen LogP) is 3.18. The first-order valence-corrected chi connectivity index (χ1v) is 7.81. The molecule has 0 radical (unpaired) electrons.